The number of carbonyl (C=O) groups is 2. The van der Waals surface area contributed by atoms with Crippen molar-refractivity contribution in [3.63, 3.8) is 0 Å². The zero-order valence-corrected chi connectivity index (χ0v) is 15.1. The first kappa shape index (κ1) is 17.2. The van der Waals surface area contributed by atoms with Crippen LogP contribution in [0, 0.1) is 11.8 Å². The van der Waals surface area contributed by atoms with Crippen LogP contribution in [-0.2, 0) is 22.7 Å². The van der Waals surface area contributed by atoms with E-state index >= 15 is 0 Å². The number of aromatic nitrogens is 2. The van der Waals surface area contributed by atoms with Crippen LogP contribution in [0.4, 0.5) is 0 Å². The second-order valence-corrected chi connectivity index (χ2v) is 7.77. The molecule has 9 heteroatoms. The minimum atomic E-state index is -1.39. The third-order valence-electron chi connectivity index (χ3n) is 5.49. The molecule has 138 valence electrons. The SMILES string of the molecule is C[C@@H](O)[C@H]1C(=O)N2C(C(=O)[O-])=C(Cn3c[n+]4ccsc4c3CO)[C@H](C)[C@H]12. The fraction of sp³-hybridized carbons (Fsp3) is 0.471. The Bertz CT molecular complexity index is 943. The van der Waals surface area contributed by atoms with Gasteiger partial charge in [-0.1, -0.05) is 18.3 Å². The van der Waals surface area contributed by atoms with E-state index < -0.39 is 18.0 Å². The smallest absolute Gasteiger partial charge is 0.250 e. The number of carboxylic acids is 1. The van der Waals surface area contributed by atoms with Crippen molar-refractivity contribution in [3.8, 4) is 0 Å². The highest BCUT2D eigenvalue weighted by Crippen LogP contribution is 2.47. The maximum Gasteiger partial charge on any atom is 0.250 e. The Hall–Kier alpha value is -2.23. The zero-order valence-electron chi connectivity index (χ0n) is 14.3. The Labute approximate surface area is 153 Å². The number of hydrogen-bond acceptors (Lipinski definition) is 6. The number of fused-ring (bicyclic) bond motifs is 2. The summed E-state index contributed by atoms with van der Waals surface area (Å²) in [6.07, 6.45) is 2.82. The van der Waals surface area contributed by atoms with E-state index in [2.05, 4.69) is 0 Å². The highest BCUT2D eigenvalue weighted by molar-refractivity contribution is 7.15. The third kappa shape index (κ3) is 2.17. The van der Waals surface area contributed by atoms with Crippen LogP contribution in [0.1, 0.15) is 19.5 Å². The number of aliphatic hydroxyl groups is 2. The fourth-order valence-corrected chi connectivity index (χ4v) is 5.13. The molecule has 2 aromatic rings. The molecule has 0 aliphatic carbocycles. The number of hydrogen-bond donors (Lipinski definition) is 2. The van der Waals surface area contributed by atoms with Gasteiger partial charge in [-0.3, -0.25) is 4.79 Å². The van der Waals surface area contributed by atoms with Crippen LogP contribution in [0.5, 0.6) is 0 Å². The number of amides is 1. The molecule has 0 saturated carbocycles. The van der Waals surface area contributed by atoms with Gasteiger partial charge in [0.05, 0.1) is 29.7 Å². The summed E-state index contributed by atoms with van der Waals surface area (Å²) in [4.78, 5) is 26.2. The van der Waals surface area contributed by atoms with Crippen molar-refractivity contribution < 1.29 is 29.3 Å². The molecule has 4 heterocycles. The molecule has 4 rings (SSSR count). The Balaban J connectivity index is 1.76. The molecule has 0 radical (unpaired) electrons. The molecule has 0 bridgehead atoms. The van der Waals surface area contributed by atoms with Gasteiger partial charge in [0, 0.05) is 16.9 Å². The first-order valence-corrected chi connectivity index (χ1v) is 9.27. The quantitative estimate of drug-likeness (QED) is 0.494. The van der Waals surface area contributed by atoms with Crippen LogP contribution in [0.15, 0.2) is 29.2 Å². The first-order chi connectivity index (χ1) is 12.4. The minimum Gasteiger partial charge on any atom is -0.543 e. The maximum absolute atomic E-state index is 12.4. The summed E-state index contributed by atoms with van der Waals surface area (Å²) >= 11 is 1.48. The summed E-state index contributed by atoms with van der Waals surface area (Å²) in [7, 11) is 0. The van der Waals surface area contributed by atoms with Gasteiger partial charge >= 0.3 is 0 Å². The molecular formula is C17H19N3O5S. The van der Waals surface area contributed by atoms with E-state index in [0.717, 1.165) is 4.83 Å². The van der Waals surface area contributed by atoms with Gasteiger partial charge in [0.25, 0.3) is 0 Å². The number of carbonyl (C=O) groups excluding carboxylic acids is 2. The lowest BCUT2D eigenvalue weighted by Gasteiger charge is -2.47. The molecule has 1 saturated heterocycles. The predicted molar refractivity (Wildman–Crippen MR) is 88.4 cm³/mol. The minimum absolute atomic E-state index is 0.102. The number of aliphatic carboxylic acids is 1. The highest BCUT2D eigenvalue weighted by atomic mass is 32.1. The summed E-state index contributed by atoms with van der Waals surface area (Å²) in [6, 6.07) is -0.368. The molecule has 2 N–H and O–H groups in total. The normalized spacial score (nSPS) is 26.4. The molecule has 26 heavy (non-hydrogen) atoms. The molecular weight excluding hydrogens is 358 g/mol. The van der Waals surface area contributed by atoms with Crippen LogP contribution >= 0.6 is 11.3 Å². The van der Waals surface area contributed by atoms with Crippen molar-refractivity contribution in [2.24, 2.45) is 11.8 Å². The third-order valence-corrected chi connectivity index (χ3v) is 6.42. The Morgan fingerprint density at radius 2 is 2.23 bits per heavy atom. The number of carboxylic acid groups (broad SMARTS) is 1. The summed E-state index contributed by atoms with van der Waals surface area (Å²) in [5.41, 5.74) is 1.16. The molecule has 0 unspecified atom stereocenters. The number of thiazole rings is 1. The lowest BCUT2D eigenvalue weighted by Crippen LogP contribution is -2.64. The number of β-lactam (4-membered cyclic amide) rings is 1. The topological polar surface area (TPSA) is 110 Å². The van der Waals surface area contributed by atoms with Gasteiger partial charge in [-0.25, -0.2) is 4.57 Å². The van der Waals surface area contributed by atoms with E-state index in [4.69, 9.17) is 0 Å². The molecule has 2 aliphatic rings. The lowest BCUT2D eigenvalue weighted by molar-refractivity contribution is -0.508. The van der Waals surface area contributed by atoms with E-state index in [-0.39, 0.29) is 36.7 Å². The number of nitrogens with zero attached hydrogens (tertiary/aromatic N) is 3. The van der Waals surface area contributed by atoms with Gasteiger partial charge in [0.15, 0.2) is 5.69 Å². The molecule has 1 fully saturated rings. The Kier molecular flexibility index (Phi) is 3.90. The number of imidazole rings is 1. The summed E-state index contributed by atoms with van der Waals surface area (Å²) in [5.74, 6) is -2.59. The van der Waals surface area contributed by atoms with Crippen molar-refractivity contribution in [1.29, 1.82) is 0 Å². The van der Waals surface area contributed by atoms with Gasteiger partial charge in [0.2, 0.25) is 17.1 Å². The zero-order chi connectivity index (χ0) is 18.7. The van der Waals surface area contributed by atoms with Crippen LogP contribution in [0.25, 0.3) is 4.83 Å². The van der Waals surface area contributed by atoms with E-state index in [1.54, 1.807) is 17.8 Å². The molecule has 1 amide bonds. The van der Waals surface area contributed by atoms with Crippen molar-refractivity contribution in [3.05, 3.63) is 34.9 Å². The number of rotatable bonds is 5. The fourth-order valence-electron chi connectivity index (χ4n) is 4.26. The average Bonchev–Trinajstić information content (AvgIpc) is 3.19. The summed E-state index contributed by atoms with van der Waals surface area (Å²) in [6.45, 7) is 3.47. The van der Waals surface area contributed by atoms with Gasteiger partial charge < -0.3 is 25.0 Å². The molecule has 2 aliphatic heterocycles. The Morgan fingerprint density at radius 3 is 2.85 bits per heavy atom. The van der Waals surface area contributed by atoms with Crippen molar-refractivity contribution in [1.82, 2.24) is 9.47 Å². The molecule has 4 atom stereocenters. The van der Waals surface area contributed by atoms with Crippen LogP contribution in [0.3, 0.4) is 0 Å². The predicted octanol–water partition coefficient (Wildman–Crippen LogP) is -1.36. The average molecular weight is 377 g/mol. The van der Waals surface area contributed by atoms with Crippen LogP contribution < -0.4 is 9.51 Å². The van der Waals surface area contributed by atoms with Crippen LogP contribution in [-0.4, -0.2) is 43.7 Å². The second kappa shape index (κ2) is 5.90. The molecule has 0 aromatic carbocycles. The largest absolute Gasteiger partial charge is 0.543 e. The van der Waals surface area contributed by atoms with Crippen molar-refractivity contribution in [2.75, 3.05) is 0 Å². The van der Waals surface area contributed by atoms with Crippen LogP contribution in [0.2, 0.25) is 0 Å². The van der Waals surface area contributed by atoms with Crippen molar-refractivity contribution >= 4 is 28.0 Å². The molecule has 0 spiro atoms. The Morgan fingerprint density at radius 1 is 1.50 bits per heavy atom. The molecule has 8 nitrogen and oxygen atoms in total. The maximum atomic E-state index is 12.4. The van der Waals surface area contributed by atoms with Gasteiger partial charge in [-0.15, -0.1) is 0 Å². The lowest BCUT2D eigenvalue weighted by atomic mass is 9.78. The van der Waals surface area contributed by atoms with Gasteiger partial charge in [-0.05, 0) is 6.92 Å². The monoisotopic (exact) mass is 377 g/mol. The van der Waals surface area contributed by atoms with Gasteiger partial charge in [-0.2, -0.15) is 4.40 Å². The van der Waals surface area contributed by atoms with E-state index in [9.17, 15) is 24.9 Å². The number of aliphatic hydroxyl groups excluding tert-OH is 2. The summed E-state index contributed by atoms with van der Waals surface area (Å²) in [5, 5.41) is 33.3. The standard InChI is InChI=1S/C17H19N3O5S/c1-8-10(5-19-7-18-3-4-26-16(18)11(19)6-21)14(17(24)25)20-13(8)12(9(2)22)15(20)23/h3-4,7-9,12-13,21-22H,5-6H2,1-2H3/t8-,9+,12+,13+/m0/s1. The van der Waals surface area contributed by atoms with E-state index in [1.807, 2.05) is 22.9 Å². The summed E-state index contributed by atoms with van der Waals surface area (Å²) < 4.78 is 3.67. The first-order valence-electron chi connectivity index (χ1n) is 8.39. The van der Waals surface area contributed by atoms with Crippen molar-refractivity contribution in [2.45, 2.75) is 39.1 Å². The van der Waals surface area contributed by atoms with E-state index in [1.165, 1.54) is 16.2 Å². The highest BCUT2D eigenvalue weighted by Gasteiger charge is 2.58. The van der Waals surface area contributed by atoms with E-state index in [0.29, 0.717) is 11.3 Å². The molecule has 2 aromatic heterocycles. The van der Waals surface area contributed by atoms with Gasteiger partial charge in [0.1, 0.15) is 19.3 Å². The second-order valence-electron chi connectivity index (χ2n) is 6.88.